The summed E-state index contributed by atoms with van der Waals surface area (Å²) in [6.07, 6.45) is 3.57. The van der Waals surface area contributed by atoms with E-state index in [1.165, 1.54) is 0 Å². The molecule has 1 fully saturated rings. The molecule has 0 spiro atoms. The van der Waals surface area contributed by atoms with E-state index >= 15 is 0 Å². The van der Waals surface area contributed by atoms with Gasteiger partial charge in [-0.05, 0) is 37.8 Å². The van der Waals surface area contributed by atoms with Gasteiger partial charge in [0.2, 0.25) is 0 Å². The highest BCUT2D eigenvalue weighted by Crippen LogP contribution is 2.23. The summed E-state index contributed by atoms with van der Waals surface area (Å²) in [6, 6.07) is 3.89. The number of anilines is 1. The van der Waals surface area contributed by atoms with Crippen LogP contribution in [0, 0.1) is 5.92 Å². The Bertz CT molecular complexity index is 294. The molecule has 1 unspecified atom stereocenters. The standard InChI is InChI=1S/C11H17N3O/c1-9(15)10-4-7-14(8-5-10)11-3-2-6-12-13-11/h2-3,6,9-10,15H,4-5,7-8H2,1H3. The molecule has 1 saturated heterocycles. The van der Waals surface area contributed by atoms with E-state index in [1.807, 2.05) is 19.1 Å². The van der Waals surface area contributed by atoms with Crippen LogP contribution in [0.2, 0.25) is 0 Å². The molecular formula is C11H17N3O. The van der Waals surface area contributed by atoms with Crippen molar-refractivity contribution in [1.82, 2.24) is 10.2 Å². The van der Waals surface area contributed by atoms with Crippen LogP contribution >= 0.6 is 0 Å². The SMILES string of the molecule is CC(O)C1CCN(c2cccnn2)CC1. The van der Waals surface area contributed by atoms with Crippen LogP contribution in [0.15, 0.2) is 18.3 Å². The molecular weight excluding hydrogens is 190 g/mol. The average molecular weight is 207 g/mol. The topological polar surface area (TPSA) is 49.2 Å². The van der Waals surface area contributed by atoms with Crippen molar-refractivity contribution in [3.63, 3.8) is 0 Å². The minimum atomic E-state index is -0.186. The van der Waals surface area contributed by atoms with E-state index < -0.39 is 0 Å². The third-order valence-corrected chi connectivity index (χ3v) is 3.10. The number of hydrogen-bond acceptors (Lipinski definition) is 4. The van der Waals surface area contributed by atoms with E-state index in [-0.39, 0.29) is 6.10 Å². The van der Waals surface area contributed by atoms with Crippen molar-refractivity contribution in [2.24, 2.45) is 5.92 Å². The number of hydrogen-bond donors (Lipinski definition) is 1. The highest BCUT2D eigenvalue weighted by atomic mass is 16.3. The van der Waals surface area contributed by atoms with Gasteiger partial charge in [0.25, 0.3) is 0 Å². The van der Waals surface area contributed by atoms with Crippen LogP contribution < -0.4 is 4.90 Å². The quantitative estimate of drug-likeness (QED) is 0.788. The maximum atomic E-state index is 9.49. The van der Waals surface area contributed by atoms with Crippen LogP contribution in [0.3, 0.4) is 0 Å². The Labute approximate surface area is 89.9 Å². The maximum absolute atomic E-state index is 9.49. The molecule has 2 rings (SSSR count). The van der Waals surface area contributed by atoms with E-state index in [0.29, 0.717) is 5.92 Å². The van der Waals surface area contributed by atoms with E-state index in [0.717, 1.165) is 31.7 Å². The fraction of sp³-hybridized carbons (Fsp3) is 0.636. The zero-order valence-electron chi connectivity index (χ0n) is 9.00. The summed E-state index contributed by atoms with van der Waals surface area (Å²) in [6.45, 7) is 3.81. The van der Waals surface area contributed by atoms with Gasteiger partial charge in [-0.3, -0.25) is 0 Å². The van der Waals surface area contributed by atoms with Crippen molar-refractivity contribution in [3.8, 4) is 0 Å². The Balaban J connectivity index is 1.94. The molecule has 4 nitrogen and oxygen atoms in total. The molecule has 1 aromatic rings. The predicted octanol–water partition coefficient (Wildman–Crippen LogP) is 1.07. The fourth-order valence-corrected chi connectivity index (χ4v) is 2.07. The summed E-state index contributed by atoms with van der Waals surface area (Å²) in [5.74, 6) is 1.39. The smallest absolute Gasteiger partial charge is 0.151 e. The zero-order chi connectivity index (χ0) is 10.7. The Hall–Kier alpha value is -1.16. The second-order valence-corrected chi connectivity index (χ2v) is 4.15. The van der Waals surface area contributed by atoms with Gasteiger partial charge in [0.1, 0.15) is 0 Å². The Morgan fingerprint density at radius 1 is 1.47 bits per heavy atom. The van der Waals surface area contributed by atoms with Crippen molar-refractivity contribution in [3.05, 3.63) is 18.3 Å². The Morgan fingerprint density at radius 3 is 2.73 bits per heavy atom. The van der Waals surface area contributed by atoms with Gasteiger partial charge in [-0.1, -0.05) is 0 Å². The molecule has 1 N–H and O–H groups in total. The third kappa shape index (κ3) is 2.45. The summed E-state index contributed by atoms with van der Waals surface area (Å²) in [7, 11) is 0. The normalized spacial score (nSPS) is 20.3. The second-order valence-electron chi connectivity index (χ2n) is 4.15. The summed E-state index contributed by atoms with van der Waals surface area (Å²) < 4.78 is 0. The number of nitrogens with zero attached hydrogens (tertiary/aromatic N) is 3. The van der Waals surface area contributed by atoms with Gasteiger partial charge < -0.3 is 10.0 Å². The van der Waals surface area contributed by atoms with E-state index in [9.17, 15) is 5.11 Å². The molecule has 1 aliphatic rings. The first kappa shape index (κ1) is 10.4. The van der Waals surface area contributed by atoms with Crippen LogP contribution in [0.1, 0.15) is 19.8 Å². The average Bonchev–Trinajstić information content (AvgIpc) is 2.30. The van der Waals surface area contributed by atoms with Crippen molar-refractivity contribution in [1.29, 1.82) is 0 Å². The molecule has 2 heterocycles. The highest BCUT2D eigenvalue weighted by Gasteiger charge is 2.23. The van der Waals surface area contributed by atoms with Crippen LogP contribution in [-0.2, 0) is 0 Å². The van der Waals surface area contributed by atoms with E-state index in [2.05, 4.69) is 15.1 Å². The van der Waals surface area contributed by atoms with Crippen LogP contribution in [-0.4, -0.2) is 34.5 Å². The molecule has 1 atom stereocenters. The van der Waals surface area contributed by atoms with Gasteiger partial charge in [-0.2, -0.15) is 5.10 Å². The van der Waals surface area contributed by atoms with Crippen LogP contribution in [0.4, 0.5) is 5.82 Å². The lowest BCUT2D eigenvalue weighted by Gasteiger charge is -2.33. The largest absolute Gasteiger partial charge is 0.393 e. The minimum Gasteiger partial charge on any atom is -0.393 e. The number of aliphatic hydroxyl groups excluding tert-OH is 1. The molecule has 4 heteroatoms. The van der Waals surface area contributed by atoms with Crippen LogP contribution in [0.25, 0.3) is 0 Å². The fourth-order valence-electron chi connectivity index (χ4n) is 2.07. The van der Waals surface area contributed by atoms with Crippen molar-refractivity contribution in [2.45, 2.75) is 25.9 Å². The molecule has 0 amide bonds. The second kappa shape index (κ2) is 4.57. The summed E-state index contributed by atoms with van der Waals surface area (Å²) in [5, 5.41) is 17.4. The minimum absolute atomic E-state index is 0.186. The predicted molar refractivity (Wildman–Crippen MR) is 58.6 cm³/mol. The van der Waals surface area contributed by atoms with Gasteiger partial charge in [-0.25, -0.2) is 0 Å². The van der Waals surface area contributed by atoms with Gasteiger partial charge in [0.05, 0.1) is 6.10 Å². The first-order valence-corrected chi connectivity index (χ1v) is 5.48. The zero-order valence-corrected chi connectivity index (χ0v) is 9.00. The van der Waals surface area contributed by atoms with E-state index in [1.54, 1.807) is 6.20 Å². The molecule has 0 radical (unpaired) electrons. The first-order valence-electron chi connectivity index (χ1n) is 5.48. The first-order chi connectivity index (χ1) is 7.27. The molecule has 1 aliphatic heterocycles. The van der Waals surface area contributed by atoms with Gasteiger partial charge in [0, 0.05) is 19.3 Å². The number of piperidine rings is 1. The third-order valence-electron chi connectivity index (χ3n) is 3.10. The highest BCUT2D eigenvalue weighted by molar-refractivity contribution is 5.36. The van der Waals surface area contributed by atoms with Crippen molar-refractivity contribution >= 4 is 5.82 Å². The molecule has 0 aromatic carbocycles. The van der Waals surface area contributed by atoms with Gasteiger partial charge in [-0.15, -0.1) is 5.10 Å². The summed E-state index contributed by atoms with van der Waals surface area (Å²) in [5.41, 5.74) is 0. The van der Waals surface area contributed by atoms with Crippen molar-refractivity contribution in [2.75, 3.05) is 18.0 Å². The van der Waals surface area contributed by atoms with Gasteiger partial charge >= 0.3 is 0 Å². The van der Waals surface area contributed by atoms with E-state index in [4.69, 9.17) is 0 Å². The van der Waals surface area contributed by atoms with Crippen molar-refractivity contribution < 1.29 is 5.11 Å². The lowest BCUT2D eigenvalue weighted by Crippen LogP contribution is -2.37. The number of rotatable bonds is 2. The molecule has 0 bridgehead atoms. The number of aliphatic hydroxyl groups is 1. The van der Waals surface area contributed by atoms with Crippen LogP contribution in [0.5, 0.6) is 0 Å². The maximum Gasteiger partial charge on any atom is 0.151 e. The summed E-state index contributed by atoms with van der Waals surface area (Å²) in [4.78, 5) is 2.23. The lowest BCUT2D eigenvalue weighted by atomic mass is 9.92. The molecule has 0 saturated carbocycles. The molecule has 1 aromatic heterocycles. The molecule has 15 heavy (non-hydrogen) atoms. The Kier molecular flexibility index (Phi) is 3.16. The number of aromatic nitrogens is 2. The molecule has 0 aliphatic carbocycles. The Morgan fingerprint density at radius 2 is 2.20 bits per heavy atom. The monoisotopic (exact) mass is 207 g/mol. The van der Waals surface area contributed by atoms with Gasteiger partial charge in [0.15, 0.2) is 5.82 Å². The summed E-state index contributed by atoms with van der Waals surface area (Å²) >= 11 is 0. The lowest BCUT2D eigenvalue weighted by molar-refractivity contribution is 0.109. The molecule has 82 valence electrons.